The molecule has 3 aromatic carbocycles. The molecule has 6 rings (SSSR count). The molecule has 4 aromatic rings. The van der Waals surface area contributed by atoms with Crippen molar-refractivity contribution in [3.8, 4) is 34.0 Å². The smallest absolute Gasteiger partial charge is 0.227 e. The van der Waals surface area contributed by atoms with Gasteiger partial charge >= 0.3 is 0 Å². The molecule has 0 unspecified atom stereocenters. The zero-order valence-electron chi connectivity index (χ0n) is 24.0. The molecule has 2 fully saturated rings. The minimum atomic E-state index is -0.279. The van der Waals surface area contributed by atoms with Crippen LogP contribution in [-0.2, 0) is 11.3 Å². The number of piperidine rings is 1. The molecule has 9 nitrogen and oxygen atoms in total. The molecule has 0 saturated carbocycles. The molecule has 1 N–H and O–H groups in total. The number of nitrogens with zero attached hydrogens (tertiary/aromatic N) is 5. The van der Waals surface area contributed by atoms with Gasteiger partial charge in [0.05, 0.1) is 18.8 Å². The summed E-state index contributed by atoms with van der Waals surface area (Å²) in [7, 11) is 0. The maximum Gasteiger partial charge on any atom is 0.227 e. The average molecular weight is 571 g/mol. The molecule has 1 aromatic heterocycles. The Bertz CT molecular complexity index is 1510. The largest absolute Gasteiger partial charge is 0.493 e. The van der Waals surface area contributed by atoms with E-state index in [2.05, 4.69) is 37.7 Å². The van der Waals surface area contributed by atoms with Gasteiger partial charge in [0.2, 0.25) is 5.91 Å². The van der Waals surface area contributed by atoms with E-state index in [0.717, 1.165) is 71.9 Å². The second kappa shape index (κ2) is 11.9. The van der Waals surface area contributed by atoms with Crippen molar-refractivity contribution in [2.24, 2.45) is 5.41 Å². The van der Waals surface area contributed by atoms with Gasteiger partial charge in [-0.05, 0) is 103 Å². The van der Waals surface area contributed by atoms with E-state index >= 15 is 0 Å². The summed E-state index contributed by atoms with van der Waals surface area (Å²) in [6, 6.07) is 18.4. The normalized spacial score (nSPS) is 16.7. The number of benzene rings is 3. The predicted octanol–water partition coefficient (Wildman–Crippen LogP) is 5.49. The van der Waals surface area contributed by atoms with E-state index in [-0.39, 0.29) is 17.1 Å². The maximum absolute atomic E-state index is 13.6. The van der Waals surface area contributed by atoms with Crippen LogP contribution < -0.4 is 14.4 Å². The van der Waals surface area contributed by atoms with Crippen molar-refractivity contribution in [2.75, 3.05) is 37.7 Å². The molecule has 218 valence electrons. The van der Waals surface area contributed by atoms with Gasteiger partial charge in [-0.2, -0.15) is 0 Å². The van der Waals surface area contributed by atoms with Crippen LogP contribution in [0, 0.1) is 11.2 Å². The van der Waals surface area contributed by atoms with Crippen molar-refractivity contribution in [3.05, 3.63) is 72.0 Å². The van der Waals surface area contributed by atoms with Gasteiger partial charge in [0.1, 0.15) is 17.3 Å². The number of aromatic amines is 1. The van der Waals surface area contributed by atoms with Crippen LogP contribution in [-0.4, -0.2) is 64.3 Å². The third kappa shape index (κ3) is 5.72. The molecule has 2 aliphatic heterocycles. The lowest BCUT2D eigenvalue weighted by Gasteiger charge is -2.39. The van der Waals surface area contributed by atoms with E-state index in [1.807, 2.05) is 43.0 Å². The van der Waals surface area contributed by atoms with Crippen LogP contribution in [0.2, 0.25) is 0 Å². The number of carbonyl (C=O) groups is 1. The fourth-order valence-electron chi connectivity index (χ4n) is 6.19. The highest BCUT2D eigenvalue weighted by Crippen LogP contribution is 2.44. The summed E-state index contributed by atoms with van der Waals surface area (Å²) in [5, 5.41) is 14.1. The number of anilines is 1. The molecule has 0 bridgehead atoms. The summed E-state index contributed by atoms with van der Waals surface area (Å²) in [4.78, 5) is 17.6. The standard InChI is InChI=1S/C32H35FN6O3/c1-3-41-27-16-22(17-28(42-4-2)30(27)23-8-10-25(33)11-9-23)20-38-14-12-32(13-15-38)19-29(40)39(21-32)26-7-5-6-24(18-26)31-34-36-37-35-31/h5-11,16-18H,3-4,12-15,19-21H2,1-2H3,(H,34,35,36,37). The van der Waals surface area contributed by atoms with Crippen LogP contribution in [0.5, 0.6) is 11.5 Å². The molecular formula is C32H35FN6O3. The lowest BCUT2D eigenvalue weighted by Crippen LogP contribution is -2.41. The molecule has 10 heteroatoms. The lowest BCUT2D eigenvalue weighted by molar-refractivity contribution is -0.118. The Labute approximate surface area is 244 Å². The molecule has 3 heterocycles. The van der Waals surface area contributed by atoms with Gasteiger partial charge in [-0.15, -0.1) is 5.10 Å². The Hall–Kier alpha value is -4.31. The second-order valence-corrected chi connectivity index (χ2v) is 11.1. The summed E-state index contributed by atoms with van der Waals surface area (Å²) in [6.45, 7) is 8.21. The predicted molar refractivity (Wildman–Crippen MR) is 158 cm³/mol. The van der Waals surface area contributed by atoms with Crippen LogP contribution in [0.25, 0.3) is 22.5 Å². The van der Waals surface area contributed by atoms with Gasteiger partial charge in [0.25, 0.3) is 0 Å². The summed E-state index contributed by atoms with van der Waals surface area (Å²) < 4.78 is 25.8. The number of ether oxygens (including phenoxy) is 2. The molecule has 0 aliphatic carbocycles. The number of hydrogen-bond donors (Lipinski definition) is 1. The summed E-state index contributed by atoms with van der Waals surface area (Å²) in [5.41, 5.74) is 4.50. The number of H-pyrrole nitrogens is 1. The molecule has 0 atom stereocenters. The van der Waals surface area contributed by atoms with Gasteiger partial charge < -0.3 is 14.4 Å². The molecule has 2 aliphatic rings. The second-order valence-electron chi connectivity index (χ2n) is 11.1. The number of rotatable bonds is 9. The Morgan fingerprint density at radius 1 is 0.952 bits per heavy atom. The molecule has 1 amide bonds. The van der Waals surface area contributed by atoms with E-state index in [1.54, 1.807) is 12.1 Å². The molecule has 1 spiro atoms. The van der Waals surface area contributed by atoms with E-state index < -0.39 is 0 Å². The van der Waals surface area contributed by atoms with Gasteiger partial charge in [-0.1, -0.05) is 24.3 Å². The Balaban J connectivity index is 1.16. The van der Waals surface area contributed by atoms with E-state index in [4.69, 9.17) is 9.47 Å². The number of aromatic nitrogens is 4. The van der Waals surface area contributed by atoms with Crippen molar-refractivity contribution < 1.29 is 18.7 Å². The lowest BCUT2D eigenvalue weighted by atomic mass is 9.77. The first kappa shape index (κ1) is 27.8. The van der Waals surface area contributed by atoms with Crippen molar-refractivity contribution in [1.29, 1.82) is 0 Å². The maximum atomic E-state index is 13.6. The van der Waals surface area contributed by atoms with E-state index in [1.165, 1.54) is 12.1 Å². The Morgan fingerprint density at radius 3 is 2.31 bits per heavy atom. The van der Waals surface area contributed by atoms with Gasteiger partial charge in [0, 0.05) is 30.8 Å². The van der Waals surface area contributed by atoms with Crippen LogP contribution in [0.1, 0.15) is 38.7 Å². The molecule has 0 radical (unpaired) electrons. The van der Waals surface area contributed by atoms with Crippen molar-refractivity contribution in [3.63, 3.8) is 0 Å². The Kier molecular flexibility index (Phi) is 7.88. The number of carbonyl (C=O) groups excluding carboxylic acids is 1. The monoisotopic (exact) mass is 570 g/mol. The van der Waals surface area contributed by atoms with Gasteiger partial charge in [-0.25, -0.2) is 9.49 Å². The third-order valence-electron chi connectivity index (χ3n) is 8.28. The highest BCUT2D eigenvalue weighted by molar-refractivity contribution is 5.97. The highest BCUT2D eigenvalue weighted by atomic mass is 19.1. The van der Waals surface area contributed by atoms with Crippen LogP contribution in [0.3, 0.4) is 0 Å². The first-order valence-electron chi connectivity index (χ1n) is 14.5. The fourth-order valence-corrected chi connectivity index (χ4v) is 6.19. The number of amides is 1. The fraction of sp³-hybridized carbons (Fsp3) is 0.375. The SMILES string of the molecule is CCOc1cc(CN2CCC3(CC2)CC(=O)N(c2cccc(-c4nnn[nH]4)c2)C3)cc(OCC)c1-c1ccc(F)cc1. The van der Waals surface area contributed by atoms with Gasteiger partial charge in [-0.3, -0.25) is 9.69 Å². The molecule has 2 saturated heterocycles. The molecule has 42 heavy (non-hydrogen) atoms. The summed E-state index contributed by atoms with van der Waals surface area (Å²) in [6.07, 6.45) is 2.46. The minimum absolute atomic E-state index is 0.0310. The van der Waals surface area contributed by atoms with E-state index in [0.29, 0.717) is 32.0 Å². The number of hydrogen-bond acceptors (Lipinski definition) is 7. The van der Waals surface area contributed by atoms with Crippen LogP contribution in [0.15, 0.2) is 60.7 Å². The minimum Gasteiger partial charge on any atom is -0.493 e. The number of tetrazole rings is 1. The summed E-state index contributed by atoms with van der Waals surface area (Å²) in [5.74, 6) is 1.93. The van der Waals surface area contributed by atoms with E-state index in [9.17, 15) is 9.18 Å². The third-order valence-corrected chi connectivity index (χ3v) is 8.28. The zero-order chi connectivity index (χ0) is 29.1. The molecular weight excluding hydrogens is 535 g/mol. The van der Waals surface area contributed by atoms with Crippen molar-refractivity contribution in [1.82, 2.24) is 25.5 Å². The quantitative estimate of drug-likeness (QED) is 0.284. The zero-order valence-corrected chi connectivity index (χ0v) is 24.0. The van der Waals surface area contributed by atoms with Crippen molar-refractivity contribution >= 4 is 11.6 Å². The van der Waals surface area contributed by atoms with Crippen molar-refractivity contribution in [2.45, 2.75) is 39.7 Å². The number of halogens is 1. The topological polar surface area (TPSA) is 96.5 Å². The summed E-state index contributed by atoms with van der Waals surface area (Å²) >= 11 is 0. The van der Waals surface area contributed by atoms with Crippen LogP contribution >= 0.6 is 0 Å². The average Bonchev–Trinajstić information content (AvgIpc) is 3.64. The van der Waals surface area contributed by atoms with Crippen LogP contribution in [0.4, 0.5) is 10.1 Å². The highest BCUT2D eigenvalue weighted by Gasteiger charge is 2.45. The number of likely N-dealkylation sites (tertiary alicyclic amines) is 1. The first-order chi connectivity index (χ1) is 20.5. The Morgan fingerprint density at radius 2 is 1.67 bits per heavy atom. The first-order valence-corrected chi connectivity index (χ1v) is 14.5. The van der Waals surface area contributed by atoms with Gasteiger partial charge in [0.15, 0.2) is 5.82 Å². The number of nitrogens with one attached hydrogen (secondary N) is 1.